The molecule has 4 nitrogen and oxygen atoms in total. The predicted octanol–water partition coefficient (Wildman–Crippen LogP) is 2.85. The van der Waals surface area contributed by atoms with Gasteiger partial charge in [-0.25, -0.2) is 13.1 Å². The third kappa shape index (κ3) is 3.73. The first kappa shape index (κ1) is 16.6. The molecule has 1 aliphatic rings. The summed E-state index contributed by atoms with van der Waals surface area (Å²) >= 11 is 1.95. The Labute approximate surface area is 132 Å². The highest BCUT2D eigenvalue weighted by Gasteiger charge is 2.32. The van der Waals surface area contributed by atoms with Gasteiger partial charge in [0.1, 0.15) is 0 Å². The van der Waals surface area contributed by atoms with Gasteiger partial charge in [0.2, 0.25) is 10.0 Å². The Hall–Kier alpha value is -0.720. The minimum atomic E-state index is -3.40. The van der Waals surface area contributed by atoms with Crippen LogP contribution in [0.5, 0.6) is 0 Å². The van der Waals surface area contributed by atoms with Crippen molar-refractivity contribution in [3.63, 3.8) is 0 Å². The molecule has 1 aromatic carbocycles. The van der Waals surface area contributed by atoms with Gasteiger partial charge in [-0.1, -0.05) is 19.9 Å². The van der Waals surface area contributed by atoms with Crippen LogP contribution in [0.25, 0.3) is 0 Å². The number of anilines is 1. The molecule has 2 rings (SSSR count). The van der Waals surface area contributed by atoms with E-state index in [1.54, 1.807) is 12.1 Å². The van der Waals surface area contributed by atoms with Crippen LogP contribution in [0.4, 0.5) is 5.69 Å². The molecule has 1 fully saturated rings. The van der Waals surface area contributed by atoms with Gasteiger partial charge in [-0.05, 0) is 49.3 Å². The van der Waals surface area contributed by atoms with E-state index in [0.29, 0.717) is 10.9 Å². The normalized spacial score (nSPS) is 22.0. The molecule has 1 unspecified atom stereocenters. The van der Waals surface area contributed by atoms with Gasteiger partial charge < -0.3 is 5.32 Å². The zero-order valence-corrected chi connectivity index (χ0v) is 14.7. The van der Waals surface area contributed by atoms with Crippen molar-refractivity contribution in [3.05, 3.63) is 23.8 Å². The second-order valence-electron chi connectivity index (χ2n) is 6.19. The summed E-state index contributed by atoms with van der Waals surface area (Å²) in [5.74, 6) is 2.24. The zero-order chi connectivity index (χ0) is 15.7. The first-order valence-electron chi connectivity index (χ1n) is 7.15. The van der Waals surface area contributed by atoms with E-state index < -0.39 is 10.0 Å². The Morgan fingerprint density at radius 2 is 2.05 bits per heavy atom. The molecule has 0 aliphatic carbocycles. The van der Waals surface area contributed by atoms with Crippen molar-refractivity contribution in [1.29, 1.82) is 0 Å². The molecule has 0 radical (unpaired) electrons. The molecule has 0 amide bonds. The number of benzene rings is 1. The van der Waals surface area contributed by atoms with Gasteiger partial charge in [-0.15, -0.1) is 0 Å². The predicted molar refractivity (Wildman–Crippen MR) is 90.6 cm³/mol. The van der Waals surface area contributed by atoms with E-state index in [1.807, 2.05) is 24.8 Å². The van der Waals surface area contributed by atoms with Gasteiger partial charge in [0, 0.05) is 17.5 Å². The third-order valence-corrected chi connectivity index (χ3v) is 6.71. The Morgan fingerprint density at radius 3 is 2.67 bits per heavy atom. The van der Waals surface area contributed by atoms with E-state index in [9.17, 15) is 8.42 Å². The molecule has 2 N–H and O–H groups in total. The fourth-order valence-electron chi connectivity index (χ4n) is 2.40. The molecule has 1 saturated heterocycles. The van der Waals surface area contributed by atoms with Crippen LogP contribution in [0.2, 0.25) is 0 Å². The van der Waals surface area contributed by atoms with E-state index in [0.717, 1.165) is 17.0 Å². The molecule has 0 saturated carbocycles. The minimum Gasteiger partial charge on any atom is -0.381 e. The van der Waals surface area contributed by atoms with Crippen LogP contribution in [-0.2, 0) is 10.0 Å². The van der Waals surface area contributed by atoms with Crippen LogP contribution in [0, 0.1) is 12.3 Å². The molecule has 6 heteroatoms. The van der Waals surface area contributed by atoms with Gasteiger partial charge in [0.05, 0.1) is 4.90 Å². The topological polar surface area (TPSA) is 58.2 Å². The second-order valence-corrected chi connectivity index (χ2v) is 9.23. The van der Waals surface area contributed by atoms with Gasteiger partial charge in [0.25, 0.3) is 0 Å². The van der Waals surface area contributed by atoms with E-state index in [-0.39, 0.29) is 5.41 Å². The van der Waals surface area contributed by atoms with E-state index in [4.69, 9.17) is 0 Å². The fourth-order valence-corrected chi connectivity index (χ4v) is 4.77. The number of aryl methyl sites for hydroxylation is 1. The van der Waals surface area contributed by atoms with E-state index in [1.165, 1.54) is 19.2 Å². The summed E-state index contributed by atoms with van der Waals surface area (Å²) in [4.78, 5) is 0.305. The molecule has 0 spiro atoms. The third-order valence-electron chi connectivity index (χ3n) is 4.24. The molecule has 21 heavy (non-hydrogen) atoms. The second kappa shape index (κ2) is 6.18. The van der Waals surface area contributed by atoms with Gasteiger partial charge in [0.15, 0.2) is 0 Å². The van der Waals surface area contributed by atoms with Crippen molar-refractivity contribution >= 4 is 27.5 Å². The lowest BCUT2D eigenvalue weighted by Crippen LogP contribution is -2.41. The Balaban J connectivity index is 2.29. The van der Waals surface area contributed by atoms with Crippen LogP contribution < -0.4 is 10.0 Å². The van der Waals surface area contributed by atoms with Crippen molar-refractivity contribution < 1.29 is 8.42 Å². The molecule has 1 heterocycles. The highest BCUT2D eigenvalue weighted by Crippen LogP contribution is 2.36. The summed E-state index contributed by atoms with van der Waals surface area (Å²) in [5.41, 5.74) is 2.19. The van der Waals surface area contributed by atoms with E-state index in [2.05, 4.69) is 23.9 Å². The van der Waals surface area contributed by atoms with Crippen molar-refractivity contribution in [3.8, 4) is 0 Å². The van der Waals surface area contributed by atoms with Crippen LogP contribution in [-0.4, -0.2) is 33.0 Å². The highest BCUT2D eigenvalue weighted by atomic mass is 32.2. The van der Waals surface area contributed by atoms with E-state index >= 15 is 0 Å². The fraction of sp³-hybridized carbons (Fsp3) is 0.600. The molecule has 118 valence electrons. The summed E-state index contributed by atoms with van der Waals surface area (Å²) in [6.45, 7) is 6.54. The van der Waals surface area contributed by atoms with Crippen LogP contribution in [0.15, 0.2) is 23.1 Å². The number of rotatable bonds is 4. The number of nitrogens with one attached hydrogen (secondary N) is 2. The van der Waals surface area contributed by atoms with Crippen molar-refractivity contribution in [2.24, 2.45) is 5.41 Å². The van der Waals surface area contributed by atoms with Crippen LogP contribution in [0.3, 0.4) is 0 Å². The van der Waals surface area contributed by atoms with Crippen LogP contribution in [0.1, 0.15) is 25.8 Å². The maximum absolute atomic E-state index is 11.9. The quantitative estimate of drug-likeness (QED) is 0.892. The number of hydrogen-bond donors (Lipinski definition) is 2. The average Bonchev–Trinajstić information content (AvgIpc) is 2.43. The molecule has 0 bridgehead atoms. The van der Waals surface area contributed by atoms with Crippen LogP contribution >= 0.6 is 11.8 Å². The Bertz CT molecular complexity index is 612. The average molecular weight is 329 g/mol. The Morgan fingerprint density at radius 1 is 1.33 bits per heavy atom. The maximum Gasteiger partial charge on any atom is 0.240 e. The summed E-state index contributed by atoms with van der Waals surface area (Å²) in [5, 5.41) is 3.56. The summed E-state index contributed by atoms with van der Waals surface area (Å²) in [6, 6.07) is 5.58. The standard InChI is InChI=1S/C15H24N2O2S2/c1-11-5-6-12(21(18,19)16-4)9-13(11)17-14-10-20-8-7-15(14,2)3/h5-6,9,14,16-17H,7-8,10H2,1-4H3. The molecular formula is C15H24N2O2S2. The molecule has 0 aromatic heterocycles. The van der Waals surface area contributed by atoms with Gasteiger partial charge >= 0.3 is 0 Å². The molecular weight excluding hydrogens is 304 g/mol. The van der Waals surface area contributed by atoms with Crippen molar-refractivity contribution in [2.75, 3.05) is 23.9 Å². The van der Waals surface area contributed by atoms with Gasteiger partial charge in [-0.3, -0.25) is 0 Å². The lowest BCUT2D eigenvalue weighted by Gasteiger charge is -2.39. The Kier molecular flexibility index (Phi) is 4.90. The number of sulfonamides is 1. The largest absolute Gasteiger partial charge is 0.381 e. The molecule has 1 atom stereocenters. The SMILES string of the molecule is CNS(=O)(=O)c1ccc(C)c(NC2CSCCC2(C)C)c1. The summed E-state index contributed by atoms with van der Waals surface area (Å²) in [7, 11) is -1.97. The molecule has 1 aromatic rings. The lowest BCUT2D eigenvalue weighted by atomic mass is 9.82. The summed E-state index contributed by atoms with van der Waals surface area (Å²) < 4.78 is 26.2. The monoisotopic (exact) mass is 328 g/mol. The maximum atomic E-state index is 11.9. The first-order valence-corrected chi connectivity index (χ1v) is 9.78. The number of hydrogen-bond acceptors (Lipinski definition) is 4. The summed E-state index contributed by atoms with van der Waals surface area (Å²) in [6.07, 6.45) is 1.17. The minimum absolute atomic E-state index is 0.218. The van der Waals surface area contributed by atoms with Gasteiger partial charge in [-0.2, -0.15) is 11.8 Å². The van der Waals surface area contributed by atoms with Crippen molar-refractivity contribution in [1.82, 2.24) is 4.72 Å². The molecule has 1 aliphatic heterocycles. The number of thioether (sulfide) groups is 1. The van der Waals surface area contributed by atoms with Crippen molar-refractivity contribution in [2.45, 2.75) is 38.1 Å². The lowest BCUT2D eigenvalue weighted by molar-refractivity contribution is 0.305. The highest BCUT2D eigenvalue weighted by molar-refractivity contribution is 7.99. The smallest absolute Gasteiger partial charge is 0.240 e. The first-order chi connectivity index (χ1) is 9.76. The zero-order valence-electron chi connectivity index (χ0n) is 13.1.